The second-order valence-corrected chi connectivity index (χ2v) is 4.70. The van der Waals surface area contributed by atoms with Crippen molar-refractivity contribution in [3.63, 3.8) is 0 Å². The Hall–Kier alpha value is -2.06. The van der Waals surface area contributed by atoms with E-state index >= 15 is 0 Å². The van der Waals surface area contributed by atoms with E-state index in [-0.39, 0.29) is 0 Å². The number of rotatable bonds is 0. The van der Waals surface area contributed by atoms with Crippen LogP contribution in [-0.2, 0) is 0 Å². The molecule has 3 heteroatoms. The van der Waals surface area contributed by atoms with Gasteiger partial charge in [0.25, 0.3) is 0 Å². The standard InChI is InChI=1S/C15H8ClNO/c16-10-4-6-11-9(8-10)3-5-12-14-13(18-15(11)12)2-1-7-17-14/h1-8H. The van der Waals surface area contributed by atoms with Crippen LogP contribution in [0, 0.1) is 0 Å². The molecule has 0 saturated carbocycles. The van der Waals surface area contributed by atoms with E-state index in [1.807, 2.05) is 42.5 Å². The molecule has 0 aliphatic rings. The number of benzene rings is 2. The van der Waals surface area contributed by atoms with Crippen LogP contribution in [0.15, 0.2) is 53.1 Å². The van der Waals surface area contributed by atoms with Gasteiger partial charge in [-0.15, -0.1) is 0 Å². The Morgan fingerprint density at radius 2 is 1.89 bits per heavy atom. The molecule has 0 aliphatic carbocycles. The third kappa shape index (κ3) is 1.27. The number of fused-ring (bicyclic) bond motifs is 5. The average molecular weight is 254 g/mol. The normalized spacial score (nSPS) is 11.6. The molecule has 0 unspecified atom stereocenters. The fourth-order valence-electron chi connectivity index (χ4n) is 2.35. The van der Waals surface area contributed by atoms with Crippen molar-refractivity contribution >= 4 is 44.4 Å². The molecule has 0 amide bonds. The van der Waals surface area contributed by atoms with E-state index in [0.717, 1.165) is 37.9 Å². The summed E-state index contributed by atoms with van der Waals surface area (Å²) in [5.41, 5.74) is 2.59. The molecule has 0 N–H and O–H groups in total. The molecule has 0 aliphatic heterocycles. The van der Waals surface area contributed by atoms with Crippen LogP contribution in [0.25, 0.3) is 32.8 Å². The van der Waals surface area contributed by atoms with Crippen molar-refractivity contribution in [1.29, 1.82) is 0 Å². The summed E-state index contributed by atoms with van der Waals surface area (Å²) in [6.45, 7) is 0. The van der Waals surface area contributed by atoms with Crippen molar-refractivity contribution in [2.24, 2.45) is 0 Å². The average Bonchev–Trinajstić information content (AvgIpc) is 2.77. The minimum atomic E-state index is 0.732. The highest BCUT2D eigenvalue weighted by Crippen LogP contribution is 2.33. The van der Waals surface area contributed by atoms with Gasteiger partial charge in [-0.05, 0) is 41.8 Å². The molecule has 0 radical (unpaired) electrons. The highest BCUT2D eigenvalue weighted by atomic mass is 35.5. The van der Waals surface area contributed by atoms with Crippen LogP contribution in [-0.4, -0.2) is 4.98 Å². The first kappa shape index (κ1) is 9.92. The quantitative estimate of drug-likeness (QED) is 0.450. The predicted molar refractivity (Wildman–Crippen MR) is 74.0 cm³/mol. The lowest BCUT2D eigenvalue weighted by molar-refractivity contribution is 0.672. The third-order valence-electron chi connectivity index (χ3n) is 3.17. The van der Waals surface area contributed by atoms with Gasteiger partial charge < -0.3 is 4.42 Å². The summed E-state index contributed by atoms with van der Waals surface area (Å²) in [5, 5.41) is 3.92. The highest BCUT2D eigenvalue weighted by Gasteiger charge is 2.10. The van der Waals surface area contributed by atoms with E-state index in [1.54, 1.807) is 6.20 Å². The maximum Gasteiger partial charge on any atom is 0.153 e. The first-order valence-electron chi connectivity index (χ1n) is 5.68. The molecule has 18 heavy (non-hydrogen) atoms. The van der Waals surface area contributed by atoms with E-state index in [0.29, 0.717) is 0 Å². The van der Waals surface area contributed by atoms with Crippen molar-refractivity contribution in [2.75, 3.05) is 0 Å². The van der Waals surface area contributed by atoms with Crippen LogP contribution in [0.3, 0.4) is 0 Å². The van der Waals surface area contributed by atoms with Gasteiger partial charge in [-0.2, -0.15) is 0 Å². The molecule has 0 atom stereocenters. The maximum absolute atomic E-state index is 6.01. The molecule has 0 fully saturated rings. The largest absolute Gasteiger partial charge is 0.454 e. The molecule has 4 aromatic rings. The smallest absolute Gasteiger partial charge is 0.153 e. The zero-order valence-corrected chi connectivity index (χ0v) is 10.1. The van der Waals surface area contributed by atoms with Crippen LogP contribution < -0.4 is 0 Å². The molecule has 0 spiro atoms. The summed E-state index contributed by atoms with van der Waals surface area (Å²) >= 11 is 6.01. The fourth-order valence-corrected chi connectivity index (χ4v) is 2.53. The van der Waals surface area contributed by atoms with Crippen molar-refractivity contribution in [2.45, 2.75) is 0 Å². The first-order chi connectivity index (χ1) is 8.83. The highest BCUT2D eigenvalue weighted by molar-refractivity contribution is 6.31. The van der Waals surface area contributed by atoms with Crippen LogP contribution in [0.5, 0.6) is 0 Å². The Bertz CT molecular complexity index is 895. The molecular weight excluding hydrogens is 246 g/mol. The van der Waals surface area contributed by atoms with Gasteiger partial charge in [-0.25, -0.2) is 0 Å². The molecule has 2 aromatic heterocycles. The van der Waals surface area contributed by atoms with E-state index in [4.69, 9.17) is 16.0 Å². The van der Waals surface area contributed by atoms with Gasteiger partial charge in [0, 0.05) is 22.0 Å². The lowest BCUT2D eigenvalue weighted by atomic mass is 10.1. The van der Waals surface area contributed by atoms with Crippen molar-refractivity contribution < 1.29 is 4.42 Å². The van der Waals surface area contributed by atoms with E-state index in [1.165, 1.54) is 0 Å². The number of hydrogen-bond donors (Lipinski definition) is 0. The van der Waals surface area contributed by atoms with Gasteiger partial charge in [0.2, 0.25) is 0 Å². The Morgan fingerprint density at radius 1 is 1.00 bits per heavy atom. The molecule has 4 rings (SSSR count). The van der Waals surface area contributed by atoms with Gasteiger partial charge in [0.15, 0.2) is 5.58 Å². The zero-order valence-electron chi connectivity index (χ0n) is 9.35. The molecule has 2 nitrogen and oxygen atoms in total. The maximum atomic E-state index is 6.01. The monoisotopic (exact) mass is 253 g/mol. The minimum Gasteiger partial charge on any atom is -0.454 e. The summed E-state index contributed by atoms with van der Waals surface area (Å²) in [7, 11) is 0. The van der Waals surface area contributed by atoms with Crippen LogP contribution in [0.2, 0.25) is 5.02 Å². The van der Waals surface area contributed by atoms with Crippen molar-refractivity contribution in [1.82, 2.24) is 4.98 Å². The number of nitrogens with zero attached hydrogens (tertiary/aromatic N) is 1. The van der Waals surface area contributed by atoms with E-state index in [9.17, 15) is 0 Å². The molecule has 0 saturated heterocycles. The summed E-state index contributed by atoms with van der Waals surface area (Å²) in [6, 6.07) is 13.7. The number of aromatic nitrogens is 1. The Morgan fingerprint density at radius 3 is 2.83 bits per heavy atom. The topological polar surface area (TPSA) is 26.0 Å². The SMILES string of the molecule is Clc1ccc2c(ccc3c4ncccc4oc23)c1. The van der Waals surface area contributed by atoms with Gasteiger partial charge in [0.05, 0.1) is 0 Å². The second-order valence-electron chi connectivity index (χ2n) is 4.26. The van der Waals surface area contributed by atoms with Crippen LogP contribution in [0.4, 0.5) is 0 Å². The summed E-state index contributed by atoms with van der Waals surface area (Å²) < 4.78 is 5.90. The number of hydrogen-bond acceptors (Lipinski definition) is 2. The summed E-state index contributed by atoms with van der Waals surface area (Å²) in [5.74, 6) is 0. The molecule has 86 valence electrons. The third-order valence-corrected chi connectivity index (χ3v) is 3.41. The molecule has 2 aromatic carbocycles. The summed E-state index contributed by atoms with van der Waals surface area (Å²) in [4.78, 5) is 4.37. The first-order valence-corrected chi connectivity index (χ1v) is 6.06. The van der Waals surface area contributed by atoms with Gasteiger partial charge >= 0.3 is 0 Å². The number of halogens is 1. The molecule has 0 bridgehead atoms. The number of furan rings is 1. The van der Waals surface area contributed by atoms with Crippen LogP contribution in [0.1, 0.15) is 0 Å². The Kier molecular flexibility index (Phi) is 1.91. The van der Waals surface area contributed by atoms with Gasteiger partial charge in [0.1, 0.15) is 11.1 Å². The second kappa shape index (κ2) is 3.47. The molecule has 2 heterocycles. The lowest BCUT2D eigenvalue weighted by Crippen LogP contribution is -1.75. The van der Waals surface area contributed by atoms with Crippen LogP contribution >= 0.6 is 11.6 Å². The Labute approximate surface area is 108 Å². The zero-order chi connectivity index (χ0) is 12.1. The molecular formula is C15H8ClNO. The summed E-state index contributed by atoms with van der Waals surface area (Å²) in [6.07, 6.45) is 1.78. The lowest BCUT2D eigenvalue weighted by Gasteiger charge is -1.98. The Balaban J connectivity index is 2.28. The van der Waals surface area contributed by atoms with E-state index < -0.39 is 0 Å². The van der Waals surface area contributed by atoms with Crippen molar-refractivity contribution in [3.05, 3.63) is 53.7 Å². The van der Waals surface area contributed by atoms with Gasteiger partial charge in [-0.1, -0.05) is 17.7 Å². The number of pyridine rings is 1. The minimum absolute atomic E-state index is 0.732. The van der Waals surface area contributed by atoms with E-state index in [2.05, 4.69) is 4.98 Å². The van der Waals surface area contributed by atoms with Gasteiger partial charge in [-0.3, -0.25) is 4.98 Å². The predicted octanol–water partition coefficient (Wildman–Crippen LogP) is 4.79. The fraction of sp³-hybridized carbons (Fsp3) is 0. The van der Waals surface area contributed by atoms with Crippen molar-refractivity contribution in [3.8, 4) is 0 Å².